The molecule has 0 saturated heterocycles. The number of allylic oxidation sites excluding steroid dienone is 8. The molecule has 4 unspecified atom stereocenters. The first-order valence-electron chi connectivity index (χ1n) is 18.9. The molecule has 1 fully saturated rings. The Hall–Kier alpha value is -4.10. The Balaban J connectivity index is 1.32. The van der Waals surface area contributed by atoms with Crippen LogP contribution in [0.4, 0.5) is 11.4 Å². The maximum absolute atomic E-state index is 12.1. The number of β-amino-alcohol motifs (C(OH)–C–C–N with tert-alkyl or cyclic N) is 2. The van der Waals surface area contributed by atoms with Crippen molar-refractivity contribution in [3.05, 3.63) is 119 Å². The smallest absolute Gasteiger partial charge is 0.209 e. The number of fused-ring (bicyclic) bond motifs is 6. The van der Waals surface area contributed by atoms with Crippen LogP contribution in [-0.4, -0.2) is 101 Å². The highest BCUT2D eigenvalue weighted by Crippen LogP contribution is 2.57. The first kappa shape index (κ1) is 44.9. The number of rotatable bonds is 16. The highest BCUT2D eigenvalue weighted by atomic mass is 32.2. The molecule has 3 heterocycles. The lowest BCUT2D eigenvalue weighted by molar-refractivity contribution is -0.777. The van der Waals surface area contributed by atoms with Crippen LogP contribution in [0.1, 0.15) is 56.2 Å². The number of aliphatic hydroxyl groups excluding tert-OH is 2. The number of pyridine rings is 1. The van der Waals surface area contributed by atoms with E-state index in [1.807, 2.05) is 60.9 Å². The molecule has 61 heavy (non-hydrogen) atoms. The minimum atomic E-state index is -4.83. The van der Waals surface area contributed by atoms with Crippen molar-refractivity contribution < 1.29 is 68.3 Å². The summed E-state index contributed by atoms with van der Waals surface area (Å²) in [6.45, 7) is 3.39. The maximum atomic E-state index is 12.1. The predicted octanol–water partition coefficient (Wildman–Crippen LogP) is 2.57. The standard InChI is InChI=1S/C40H43N3O14S4/c1-39-15-11-27(37(39)42(21-29(44)23-59(47,48)49)35-9-7-31(19-33(35)39)58-57-56-46)5-3-25(26-13-17-41-18-14-26)4-6-28-12-16-40(2)34-20-32(61(53,54)55)8-10-36(34)43(38(28)40)22-30(45)24-60(50,51)52/h3-10,13-14,17-20,29-30,44-45H,11-12,15-16,21-24H2,1-2H3,(H3-,46,47,48,49,50,51,52,53,54,55)/p-3. The molecule has 17 nitrogen and oxygen atoms in total. The fourth-order valence-corrected chi connectivity index (χ4v) is 11.2. The molecule has 1 aromatic heterocycles. The number of hydrogen-bond acceptors (Lipinski definition) is 17. The van der Waals surface area contributed by atoms with Gasteiger partial charge in [0.2, 0.25) is 5.69 Å². The molecule has 0 spiro atoms. The highest BCUT2D eigenvalue weighted by Gasteiger charge is 2.54. The average molecular weight is 915 g/mol. The van der Waals surface area contributed by atoms with Crippen molar-refractivity contribution in [2.75, 3.05) is 29.5 Å². The number of aliphatic hydroxyl groups is 2. The minimum Gasteiger partial charge on any atom is -0.748 e. The van der Waals surface area contributed by atoms with Crippen molar-refractivity contribution >= 4 is 65.1 Å². The molecule has 326 valence electrons. The summed E-state index contributed by atoms with van der Waals surface area (Å²) in [5, 5.41) is 35.7. The van der Waals surface area contributed by atoms with Crippen LogP contribution in [-0.2, 0) is 50.6 Å². The molecule has 2 aliphatic carbocycles. The summed E-state index contributed by atoms with van der Waals surface area (Å²) in [6.07, 6.45) is 9.87. The molecule has 21 heteroatoms. The molecular formula is C40H40N3O14S4-3. The van der Waals surface area contributed by atoms with E-state index >= 15 is 0 Å². The summed E-state index contributed by atoms with van der Waals surface area (Å²) in [7, 11) is -14.4. The SMILES string of the molecule is CC12CCC(/C=C/C(=C/C=C3\CCC4(C)C3=[N+](CC(O)CS(=O)(=O)[O-])c3ccc(SOO[O-])cc34)c3ccncc3)=C1N(CC(O)CS(=O)(=O)[O-])c1ccc(S(=O)(=O)[O-])cc12. The second kappa shape index (κ2) is 16.9. The number of benzene rings is 2. The van der Waals surface area contributed by atoms with Crippen LogP contribution in [0.25, 0.3) is 5.57 Å². The van der Waals surface area contributed by atoms with Crippen LogP contribution >= 0.6 is 12.0 Å². The molecule has 1 saturated carbocycles. The maximum Gasteiger partial charge on any atom is 0.209 e. The molecule has 0 amide bonds. The van der Waals surface area contributed by atoms with E-state index in [2.05, 4.69) is 14.4 Å². The summed E-state index contributed by atoms with van der Waals surface area (Å²) in [6, 6.07) is 12.8. The van der Waals surface area contributed by atoms with E-state index in [-0.39, 0.29) is 13.1 Å². The number of anilines is 1. The van der Waals surface area contributed by atoms with Crippen LogP contribution < -0.4 is 10.2 Å². The normalized spacial score (nSPS) is 23.2. The van der Waals surface area contributed by atoms with Gasteiger partial charge in [-0.3, -0.25) is 10.0 Å². The number of hydrogen-bond donors (Lipinski definition) is 2. The fraction of sp³-hybridized carbons (Fsp3) is 0.350. The third-order valence-corrected chi connectivity index (χ3v) is 14.6. The van der Waals surface area contributed by atoms with Gasteiger partial charge in [-0.1, -0.05) is 24.3 Å². The Morgan fingerprint density at radius 3 is 2.28 bits per heavy atom. The van der Waals surface area contributed by atoms with Crippen molar-refractivity contribution in [2.45, 2.75) is 72.4 Å². The molecule has 2 aromatic carbocycles. The average Bonchev–Trinajstić information content (AvgIpc) is 3.83. The van der Waals surface area contributed by atoms with E-state index < -0.39 is 69.8 Å². The van der Waals surface area contributed by atoms with Crippen molar-refractivity contribution in [2.24, 2.45) is 0 Å². The lowest BCUT2D eigenvalue weighted by atomic mass is 9.81. The van der Waals surface area contributed by atoms with Gasteiger partial charge >= 0.3 is 0 Å². The van der Waals surface area contributed by atoms with E-state index in [1.165, 1.54) is 12.1 Å². The van der Waals surface area contributed by atoms with Gasteiger partial charge in [-0.05, 0) is 104 Å². The number of nitrogens with zero attached hydrogens (tertiary/aromatic N) is 3. The van der Waals surface area contributed by atoms with Gasteiger partial charge in [0.05, 0.1) is 60.2 Å². The van der Waals surface area contributed by atoms with Gasteiger partial charge in [0, 0.05) is 57.8 Å². The molecule has 0 bridgehead atoms. The van der Waals surface area contributed by atoms with Gasteiger partial charge in [-0.15, -0.1) is 0 Å². The summed E-state index contributed by atoms with van der Waals surface area (Å²) >= 11 is 0.717. The molecule has 2 aliphatic heterocycles. The van der Waals surface area contributed by atoms with Crippen LogP contribution in [0.3, 0.4) is 0 Å². The zero-order chi connectivity index (χ0) is 44.1. The zero-order valence-corrected chi connectivity index (χ0v) is 35.9. The number of aromatic nitrogens is 1. The lowest BCUT2D eigenvalue weighted by Gasteiger charge is -2.28. The molecular weight excluding hydrogens is 875 g/mol. The van der Waals surface area contributed by atoms with Crippen LogP contribution in [0, 0.1) is 0 Å². The molecule has 2 N–H and O–H groups in total. The van der Waals surface area contributed by atoms with Gasteiger partial charge in [0.15, 0.2) is 12.3 Å². The van der Waals surface area contributed by atoms with Gasteiger partial charge < -0.3 is 34.0 Å². The predicted molar refractivity (Wildman–Crippen MR) is 217 cm³/mol. The molecule has 3 aromatic rings. The van der Waals surface area contributed by atoms with Gasteiger partial charge in [0.25, 0.3) is 0 Å². The third-order valence-electron chi connectivity index (χ3n) is 11.7. The second-order valence-corrected chi connectivity index (χ2v) is 20.8. The molecule has 7 rings (SSSR count). The molecule has 4 atom stereocenters. The fourth-order valence-electron chi connectivity index (χ4n) is 9.18. The minimum absolute atomic E-state index is 0.198. The van der Waals surface area contributed by atoms with E-state index in [1.54, 1.807) is 29.4 Å². The van der Waals surface area contributed by atoms with Gasteiger partial charge in [-0.25, -0.2) is 25.3 Å². The quantitative estimate of drug-likeness (QED) is 0.0522. The van der Waals surface area contributed by atoms with E-state index in [0.29, 0.717) is 53.2 Å². The monoisotopic (exact) mass is 914 g/mol. The Bertz CT molecular complexity index is 2750. The summed E-state index contributed by atoms with van der Waals surface area (Å²) in [5.41, 5.74) is 5.58. The Morgan fingerprint density at radius 1 is 0.918 bits per heavy atom. The van der Waals surface area contributed by atoms with Crippen molar-refractivity contribution in [3.8, 4) is 0 Å². The lowest BCUT2D eigenvalue weighted by Crippen LogP contribution is -2.36. The van der Waals surface area contributed by atoms with Crippen LogP contribution in [0.2, 0.25) is 0 Å². The molecule has 0 radical (unpaired) electrons. The highest BCUT2D eigenvalue weighted by molar-refractivity contribution is 7.94. The van der Waals surface area contributed by atoms with Crippen LogP contribution in [0.15, 0.2) is 112 Å². The van der Waals surface area contributed by atoms with Gasteiger partial charge in [0.1, 0.15) is 16.2 Å². The summed E-state index contributed by atoms with van der Waals surface area (Å²) in [4.78, 5) is 5.96. The zero-order valence-electron chi connectivity index (χ0n) is 32.7. The Kier molecular flexibility index (Phi) is 12.4. The van der Waals surface area contributed by atoms with E-state index in [9.17, 15) is 54.4 Å². The topological polar surface area (TPSA) is 273 Å². The first-order valence-corrected chi connectivity index (χ1v) is 24.2. The van der Waals surface area contributed by atoms with Gasteiger partial charge in [-0.2, -0.15) is 8.91 Å². The van der Waals surface area contributed by atoms with E-state index in [0.717, 1.165) is 51.7 Å². The second-order valence-electron chi connectivity index (χ2n) is 15.8. The van der Waals surface area contributed by atoms with Crippen molar-refractivity contribution in [1.29, 1.82) is 0 Å². The summed E-state index contributed by atoms with van der Waals surface area (Å²) in [5.74, 6) is -2.04. The van der Waals surface area contributed by atoms with Crippen LogP contribution in [0.5, 0.6) is 0 Å². The first-order chi connectivity index (χ1) is 28.6. The third kappa shape index (κ3) is 9.33. The Morgan fingerprint density at radius 2 is 1.61 bits per heavy atom. The summed E-state index contributed by atoms with van der Waals surface area (Å²) < 4.78 is 112. The van der Waals surface area contributed by atoms with Crippen molar-refractivity contribution in [1.82, 2.24) is 4.98 Å². The van der Waals surface area contributed by atoms with Crippen molar-refractivity contribution in [3.63, 3.8) is 0 Å². The Labute approximate surface area is 357 Å². The van der Waals surface area contributed by atoms with E-state index in [4.69, 9.17) is 0 Å². The molecule has 4 aliphatic rings. The largest absolute Gasteiger partial charge is 0.748 e.